The minimum Gasteiger partial charge on any atom is -0.480 e. The number of furan rings is 1. The van der Waals surface area contributed by atoms with Gasteiger partial charge in [-0.3, -0.25) is 4.79 Å². The molecular formula is C15H15BrN2O3. The largest absolute Gasteiger partial charge is 0.480 e. The Bertz CT molecular complexity index is 652. The molecule has 0 aliphatic heterocycles. The van der Waals surface area contributed by atoms with Crippen LogP contribution in [0.15, 0.2) is 50.4 Å². The lowest BCUT2D eigenvalue weighted by Crippen LogP contribution is -2.33. The maximum Gasteiger partial charge on any atom is 0.280 e. The minimum absolute atomic E-state index is 0.342. The molecular weight excluding hydrogens is 336 g/mol. The van der Waals surface area contributed by atoms with E-state index in [1.807, 2.05) is 31.2 Å². The van der Waals surface area contributed by atoms with Crippen molar-refractivity contribution in [2.45, 2.75) is 20.0 Å². The summed E-state index contributed by atoms with van der Waals surface area (Å²) in [7, 11) is 0. The Morgan fingerprint density at radius 2 is 2.14 bits per heavy atom. The summed E-state index contributed by atoms with van der Waals surface area (Å²) in [5.41, 5.74) is 2.41. The van der Waals surface area contributed by atoms with Gasteiger partial charge in [-0.1, -0.05) is 12.1 Å². The Morgan fingerprint density at radius 1 is 1.38 bits per heavy atom. The molecule has 0 radical (unpaired) electrons. The van der Waals surface area contributed by atoms with E-state index in [4.69, 9.17) is 9.15 Å². The number of carbonyl (C=O) groups excluding carboxylic acids is 1. The second-order valence-electron chi connectivity index (χ2n) is 4.37. The fraction of sp³-hybridized carbons (Fsp3) is 0.200. The number of benzene rings is 1. The Kier molecular flexibility index (Phi) is 5.16. The number of halogens is 1. The van der Waals surface area contributed by atoms with Crippen molar-refractivity contribution in [2.75, 3.05) is 0 Å². The molecule has 0 saturated carbocycles. The number of ether oxygens (including phenoxy) is 1. The van der Waals surface area contributed by atoms with Crippen LogP contribution in [-0.2, 0) is 4.79 Å². The Labute approximate surface area is 131 Å². The van der Waals surface area contributed by atoms with E-state index in [9.17, 15) is 4.79 Å². The van der Waals surface area contributed by atoms with E-state index >= 15 is 0 Å². The zero-order valence-electron chi connectivity index (χ0n) is 11.7. The lowest BCUT2D eigenvalue weighted by molar-refractivity contribution is -0.127. The molecule has 1 atom stereocenters. The van der Waals surface area contributed by atoms with Gasteiger partial charge in [0.05, 0.1) is 10.7 Å². The Morgan fingerprint density at radius 3 is 2.81 bits per heavy atom. The highest BCUT2D eigenvalue weighted by molar-refractivity contribution is 9.10. The first kappa shape index (κ1) is 15.3. The van der Waals surface area contributed by atoms with Gasteiger partial charge in [0.1, 0.15) is 17.3 Å². The van der Waals surface area contributed by atoms with Crippen LogP contribution in [0.3, 0.4) is 0 Å². The van der Waals surface area contributed by atoms with Gasteiger partial charge in [0.2, 0.25) is 0 Å². The fourth-order valence-electron chi connectivity index (χ4n) is 1.56. The first-order valence-electron chi connectivity index (χ1n) is 6.37. The molecule has 0 aliphatic carbocycles. The van der Waals surface area contributed by atoms with E-state index < -0.39 is 6.10 Å². The molecule has 0 spiro atoms. The second-order valence-corrected chi connectivity index (χ2v) is 5.23. The molecule has 0 fully saturated rings. The van der Waals surface area contributed by atoms with Gasteiger partial charge in [0.15, 0.2) is 6.10 Å². The third-order valence-corrected chi connectivity index (χ3v) is 3.29. The maximum absolute atomic E-state index is 11.9. The average molecular weight is 351 g/mol. The van der Waals surface area contributed by atoms with Crippen molar-refractivity contribution >= 4 is 28.1 Å². The minimum atomic E-state index is -0.667. The Balaban J connectivity index is 1.88. The van der Waals surface area contributed by atoms with Gasteiger partial charge in [0.25, 0.3) is 5.91 Å². The van der Waals surface area contributed by atoms with Crippen molar-refractivity contribution in [1.29, 1.82) is 0 Å². The highest BCUT2D eigenvalue weighted by atomic mass is 79.9. The van der Waals surface area contributed by atoms with Gasteiger partial charge in [0, 0.05) is 0 Å². The van der Waals surface area contributed by atoms with Gasteiger partial charge in [-0.25, -0.2) is 5.43 Å². The molecule has 5 nitrogen and oxygen atoms in total. The molecule has 1 aromatic carbocycles. The number of nitrogens with zero attached hydrogens (tertiary/aromatic N) is 1. The summed E-state index contributed by atoms with van der Waals surface area (Å²) >= 11 is 3.36. The first-order chi connectivity index (χ1) is 10.1. The lowest BCUT2D eigenvalue weighted by Gasteiger charge is -2.13. The molecule has 0 saturated heterocycles. The topological polar surface area (TPSA) is 63.8 Å². The van der Waals surface area contributed by atoms with Gasteiger partial charge < -0.3 is 9.15 Å². The van der Waals surface area contributed by atoms with E-state index in [1.54, 1.807) is 19.1 Å². The third kappa shape index (κ3) is 4.46. The number of carbonyl (C=O) groups is 1. The van der Waals surface area contributed by atoms with Crippen molar-refractivity contribution < 1.29 is 13.9 Å². The van der Waals surface area contributed by atoms with Gasteiger partial charge in [-0.15, -0.1) is 0 Å². The maximum atomic E-state index is 11.9. The molecule has 1 aromatic heterocycles. The number of amides is 1. The van der Waals surface area contributed by atoms with E-state index in [2.05, 4.69) is 26.5 Å². The van der Waals surface area contributed by atoms with Crippen LogP contribution in [0, 0.1) is 6.92 Å². The van der Waals surface area contributed by atoms with Crippen LogP contribution in [0.25, 0.3) is 0 Å². The SMILES string of the molecule is Cc1ccc(C=NNC(=O)C(C)Oc2ccccc2Br)o1. The summed E-state index contributed by atoms with van der Waals surface area (Å²) in [6.45, 7) is 3.49. The number of hydrogen-bond donors (Lipinski definition) is 1. The zero-order chi connectivity index (χ0) is 15.2. The molecule has 1 heterocycles. The molecule has 1 unspecified atom stereocenters. The van der Waals surface area contributed by atoms with Crippen LogP contribution in [0.1, 0.15) is 18.4 Å². The molecule has 0 bridgehead atoms. The van der Waals surface area contributed by atoms with E-state index in [-0.39, 0.29) is 5.91 Å². The summed E-state index contributed by atoms with van der Waals surface area (Å²) in [4.78, 5) is 11.9. The molecule has 110 valence electrons. The molecule has 2 rings (SSSR count). The number of hydrazone groups is 1. The predicted molar refractivity (Wildman–Crippen MR) is 83.4 cm³/mol. The monoisotopic (exact) mass is 350 g/mol. The molecule has 6 heteroatoms. The fourth-order valence-corrected chi connectivity index (χ4v) is 1.94. The summed E-state index contributed by atoms with van der Waals surface area (Å²) in [5, 5.41) is 3.83. The predicted octanol–water partition coefficient (Wildman–Crippen LogP) is 3.27. The molecule has 21 heavy (non-hydrogen) atoms. The molecule has 1 N–H and O–H groups in total. The van der Waals surface area contributed by atoms with Gasteiger partial charge in [-0.2, -0.15) is 5.10 Å². The van der Waals surface area contributed by atoms with Crippen molar-refractivity contribution in [3.8, 4) is 5.75 Å². The van der Waals surface area contributed by atoms with Gasteiger partial charge in [-0.05, 0) is 54.0 Å². The van der Waals surface area contributed by atoms with Crippen LogP contribution in [0.5, 0.6) is 5.75 Å². The molecule has 0 aliphatic rings. The van der Waals surface area contributed by atoms with Crippen LogP contribution < -0.4 is 10.2 Å². The first-order valence-corrected chi connectivity index (χ1v) is 7.16. The Hall–Kier alpha value is -2.08. The number of nitrogens with one attached hydrogen (secondary N) is 1. The number of rotatable bonds is 5. The van der Waals surface area contributed by atoms with Crippen LogP contribution in [0.4, 0.5) is 0 Å². The molecule has 2 aromatic rings. The van der Waals surface area contributed by atoms with Crippen molar-refractivity contribution in [3.63, 3.8) is 0 Å². The van der Waals surface area contributed by atoms with Crippen molar-refractivity contribution in [3.05, 3.63) is 52.4 Å². The standard InChI is InChI=1S/C15H15BrN2O3/c1-10-7-8-12(20-10)9-17-18-15(19)11(2)21-14-6-4-3-5-13(14)16/h3-9,11H,1-2H3,(H,18,19). The second kappa shape index (κ2) is 7.08. The van der Waals surface area contributed by atoms with Gasteiger partial charge >= 0.3 is 0 Å². The summed E-state index contributed by atoms with van der Waals surface area (Å²) in [6.07, 6.45) is 0.773. The normalized spacial score (nSPS) is 12.3. The van der Waals surface area contributed by atoms with E-state index in [1.165, 1.54) is 6.21 Å². The highest BCUT2D eigenvalue weighted by Crippen LogP contribution is 2.24. The number of hydrogen-bond acceptors (Lipinski definition) is 4. The number of aryl methyl sites for hydroxylation is 1. The quantitative estimate of drug-likeness (QED) is 0.664. The van der Waals surface area contributed by atoms with Crippen LogP contribution in [-0.4, -0.2) is 18.2 Å². The summed E-state index contributed by atoms with van der Waals surface area (Å²) in [5.74, 6) is 1.62. The molecule has 1 amide bonds. The summed E-state index contributed by atoms with van der Waals surface area (Å²) < 4.78 is 11.6. The van der Waals surface area contributed by atoms with Crippen molar-refractivity contribution in [1.82, 2.24) is 5.43 Å². The highest BCUT2D eigenvalue weighted by Gasteiger charge is 2.15. The van der Waals surface area contributed by atoms with Crippen LogP contribution >= 0.6 is 15.9 Å². The lowest BCUT2D eigenvalue weighted by atomic mass is 10.3. The average Bonchev–Trinajstić information content (AvgIpc) is 2.87. The summed E-state index contributed by atoms with van der Waals surface area (Å²) in [6, 6.07) is 10.9. The number of para-hydroxylation sites is 1. The van der Waals surface area contributed by atoms with E-state index in [0.717, 1.165) is 10.2 Å². The zero-order valence-corrected chi connectivity index (χ0v) is 13.3. The smallest absolute Gasteiger partial charge is 0.280 e. The van der Waals surface area contributed by atoms with Crippen molar-refractivity contribution in [2.24, 2.45) is 5.10 Å². The van der Waals surface area contributed by atoms with E-state index in [0.29, 0.717) is 11.5 Å². The van der Waals surface area contributed by atoms with Crippen LogP contribution in [0.2, 0.25) is 0 Å². The third-order valence-electron chi connectivity index (χ3n) is 2.64.